The fourth-order valence-electron chi connectivity index (χ4n) is 2.15. The summed E-state index contributed by atoms with van der Waals surface area (Å²) in [5.41, 5.74) is 1.47. The third-order valence-electron chi connectivity index (χ3n) is 3.32. The van der Waals surface area contributed by atoms with Crippen LogP contribution in [-0.4, -0.2) is 13.3 Å². The van der Waals surface area contributed by atoms with Crippen molar-refractivity contribution in [3.63, 3.8) is 0 Å². The highest BCUT2D eigenvalue weighted by molar-refractivity contribution is 7.89. The van der Waals surface area contributed by atoms with Crippen LogP contribution < -0.4 is 10.0 Å². The second-order valence-corrected chi connectivity index (χ2v) is 7.91. The van der Waals surface area contributed by atoms with Gasteiger partial charge >= 0.3 is 0 Å². The molecule has 2 unspecified atom stereocenters. The van der Waals surface area contributed by atoms with E-state index in [1.165, 1.54) is 18.2 Å². The molecule has 0 aliphatic heterocycles. The van der Waals surface area contributed by atoms with Crippen LogP contribution in [0.25, 0.3) is 0 Å². The minimum Gasteiger partial charge on any atom is -0.343 e. The Morgan fingerprint density at radius 3 is 2.27 bits per heavy atom. The molecule has 7 heteroatoms. The lowest BCUT2D eigenvalue weighted by molar-refractivity contribution is 0.512. The first-order chi connectivity index (χ1) is 10.3. The molecule has 22 heavy (non-hydrogen) atoms. The molecule has 118 valence electrons. The quantitative estimate of drug-likeness (QED) is 0.818. The van der Waals surface area contributed by atoms with Crippen molar-refractivity contribution in [3.05, 3.63) is 59.7 Å². The van der Waals surface area contributed by atoms with Crippen molar-refractivity contribution in [2.24, 2.45) is 0 Å². The average molecular weight is 339 g/mol. The Hall–Kier alpha value is -1.46. The van der Waals surface area contributed by atoms with Crippen LogP contribution in [0.3, 0.4) is 0 Å². The lowest BCUT2D eigenvalue weighted by Gasteiger charge is -2.17. The van der Waals surface area contributed by atoms with E-state index in [0.717, 1.165) is 5.56 Å². The Kier molecular flexibility index (Phi) is 5.19. The highest BCUT2D eigenvalue weighted by Gasteiger charge is 2.20. The molecule has 2 N–H and O–H groups in total. The molecule has 2 atom stereocenters. The van der Waals surface area contributed by atoms with Crippen molar-refractivity contribution >= 4 is 23.4 Å². The maximum atomic E-state index is 12.4. The number of benzene rings is 2. The Labute approximate surface area is 130 Å². The lowest BCUT2D eigenvalue weighted by Crippen LogP contribution is -2.29. The predicted molar refractivity (Wildman–Crippen MR) is 87.2 cm³/mol. The standard InChI is InChI=1S/C15H18NO4PS/c1-11-7-9-13(10-8-11)22(19,20)16-12(2)14-5-3-4-6-15(14)21(17)18/h3-10,12,16,21H,1-2H3,(H,17,18). The Morgan fingerprint density at radius 2 is 1.68 bits per heavy atom. The van der Waals surface area contributed by atoms with Gasteiger partial charge in [0.1, 0.15) is 0 Å². The summed E-state index contributed by atoms with van der Waals surface area (Å²) in [5.74, 6) is 0. The molecule has 0 bridgehead atoms. The van der Waals surface area contributed by atoms with E-state index in [2.05, 4.69) is 4.72 Å². The van der Waals surface area contributed by atoms with Crippen LogP contribution in [0, 0.1) is 6.92 Å². The van der Waals surface area contributed by atoms with E-state index in [0.29, 0.717) is 5.56 Å². The first kappa shape index (κ1) is 16.9. The molecule has 0 aliphatic rings. The lowest BCUT2D eigenvalue weighted by atomic mass is 10.1. The van der Waals surface area contributed by atoms with Gasteiger partial charge in [0, 0.05) is 11.3 Å². The van der Waals surface area contributed by atoms with Crippen LogP contribution in [0.15, 0.2) is 53.4 Å². The molecule has 0 saturated heterocycles. The molecular weight excluding hydrogens is 321 g/mol. The molecule has 0 amide bonds. The summed E-state index contributed by atoms with van der Waals surface area (Å²) in [4.78, 5) is 9.53. The van der Waals surface area contributed by atoms with Crippen molar-refractivity contribution < 1.29 is 17.9 Å². The SMILES string of the molecule is Cc1ccc(S(=O)(=O)NC(C)c2ccccc2[PH](=O)O)cc1. The zero-order valence-electron chi connectivity index (χ0n) is 12.3. The fourth-order valence-corrected chi connectivity index (χ4v) is 4.16. The van der Waals surface area contributed by atoms with E-state index >= 15 is 0 Å². The van der Waals surface area contributed by atoms with Crippen LogP contribution in [0.5, 0.6) is 0 Å². The Bertz CT molecular complexity index is 787. The van der Waals surface area contributed by atoms with Gasteiger partial charge < -0.3 is 4.89 Å². The van der Waals surface area contributed by atoms with E-state index in [9.17, 15) is 17.9 Å². The van der Waals surface area contributed by atoms with Gasteiger partial charge in [-0.1, -0.05) is 35.9 Å². The molecular formula is C15H18NO4PS. The van der Waals surface area contributed by atoms with Crippen molar-refractivity contribution in [2.45, 2.75) is 24.8 Å². The Morgan fingerprint density at radius 1 is 1.09 bits per heavy atom. The first-order valence-electron chi connectivity index (χ1n) is 6.72. The molecule has 2 aromatic rings. The summed E-state index contributed by atoms with van der Waals surface area (Å²) < 4.78 is 38.7. The highest BCUT2D eigenvalue weighted by Crippen LogP contribution is 2.22. The number of sulfonamides is 1. The molecule has 0 aliphatic carbocycles. The van der Waals surface area contributed by atoms with Gasteiger partial charge in [-0.3, -0.25) is 4.57 Å². The van der Waals surface area contributed by atoms with Crippen LogP contribution in [-0.2, 0) is 14.6 Å². The van der Waals surface area contributed by atoms with Crippen LogP contribution in [0.4, 0.5) is 0 Å². The summed E-state index contributed by atoms with van der Waals surface area (Å²) in [6, 6.07) is 12.4. The monoisotopic (exact) mass is 339 g/mol. The van der Waals surface area contributed by atoms with E-state index in [1.54, 1.807) is 37.3 Å². The van der Waals surface area contributed by atoms with Gasteiger partial charge in [0.05, 0.1) is 4.90 Å². The van der Waals surface area contributed by atoms with E-state index < -0.39 is 24.1 Å². The largest absolute Gasteiger partial charge is 0.343 e. The summed E-state index contributed by atoms with van der Waals surface area (Å²) in [7, 11) is -6.58. The number of rotatable bonds is 5. The number of hydrogen-bond donors (Lipinski definition) is 2. The fraction of sp³-hybridized carbons (Fsp3) is 0.200. The minimum atomic E-state index is -3.69. The van der Waals surface area contributed by atoms with Gasteiger partial charge in [0.15, 0.2) is 0 Å². The molecule has 2 aromatic carbocycles. The third-order valence-corrected chi connectivity index (χ3v) is 5.79. The summed E-state index contributed by atoms with van der Waals surface area (Å²) in [6.45, 7) is 3.52. The normalized spacial score (nSPS) is 14.5. The molecule has 0 spiro atoms. The highest BCUT2D eigenvalue weighted by atomic mass is 32.2. The molecule has 0 saturated carbocycles. The number of aryl methyl sites for hydroxylation is 1. The van der Waals surface area contributed by atoms with Gasteiger partial charge in [-0.25, -0.2) is 13.1 Å². The van der Waals surface area contributed by atoms with Crippen LogP contribution in [0.1, 0.15) is 24.1 Å². The molecule has 0 fully saturated rings. The van der Waals surface area contributed by atoms with Gasteiger partial charge in [0.2, 0.25) is 18.1 Å². The second kappa shape index (κ2) is 6.75. The van der Waals surface area contributed by atoms with Gasteiger partial charge in [-0.05, 0) is 37.6 Å². The van der Waals surface area contributed by atoms with Gasteiger partial charge in [-0.15, -0.1) is 0 Å². The maximum absolute atomic E-state index is 12.4. The van der Waals surface area contributed by atoms with Crippen molar-refractivity contribution in [2.75, 3.05) is 0 Å². The van der Waals surface area contributed by atoms with E-state index in [4.69, 9.17) is 0 Å². The summed E-state index contributed by atoms with van der Waals surface area (Å²) in [5, 5.41) is 0.270. The minimum absolute atomic E-state index is 0.166. The number of nitrogens with one attached hydrogen (secondary N) is 1. The molecule has 2 rings (SSSR count). The third kappa shape index (κ3) is 3.84. The van der Waals surface area contributed by atoms with E-state index in [1.807, 2.05) is 6.92 Å². The Balaban J connectivity index is 2.30. The summed E-state index contributed by atoms with van der Waals surface area (Å²) in [6.07, 6.45) is 0. The average Bonchev–Trinajstić information content (AvgIpc) is 2.47. The second-order valence-electron chi connectivity index (χ2n) is 5.05. The van der Waals surface area contributed by atoms with Crippen molar-refractivity contribution in [1.82, 2.24) is 4.72 Å². The number of hydrogen-bond acceptors (Lipinski definition) is 3. The van der Waals surface area contributed by atoms with Crippen LogP contribution >= 0.6 is 8.03 Å². The molecule has 0 heterocycles. The summed E-state index contributed by atoms with van der Waals surface area (Å²) >= 11 is 0. The molecule has 5 nitrogen and oxygen atoms in total. The molecule has 0 aromatic heterocycles. The zero-order valence-corrected chi connectivity index (χ0v) is 14.1. The maximum Gasteiger partial charge on any atom is 0.241 e. The first-order valence-corrected chi connectivity index (χ1v) is 9.56. The zero-order chi connectivity index (χ0) is 16.3. The molecule has 0 radical (unpaired) electrons. The smallest absolute Gasteiger partial charge is 0.241 e. The van der Waals surface area contributed by atoms with Gasteiger partial charge in [-0.2, -0.15) is 0 Å². The van der Waals surface area contributed by atoms with Crippen LogP contribution in [0.2, 0.25) is 0 Å². The topological polar surface area (TPSA) is 83.5 Å². The van der Waals surface area contributed by atoms with Crippen molar-refractivity contribution in [1.29, 1.82) is 0 Å². The van der Waals surface area contributed by atoms with E-state index in [-0.39, 0.29) is 10.2 Å². The van der Waals surface area contributed by atoms with Crippen molar-refractivity contribution in [3.8, 4) is 0 Å². The predicted octanol–water partition coefficient (Wildman–Crippen LogP) is 2.13. The van der Waals surface area contributed by atoms with Gasteiger partial charge in [0.25, 0.3) is 0 Å².